The lowest BCUT2D eigenvalue weighted by Gasteiger charge is -2.25. The second kappa shape index (κ2) is 11.5. The third kappa shape index (κ3) is 4.67. The van der Waals surface area contributed by atoms with Crippen molar-refractivity contribution in [1.29, 1.82) is 0 Å². The SMILES string of the molecule is c1ccc(-c2ccccc2C2=NC(c3ccc4c(ccc5ccccc54)c3)N=C(c3c4ccccc4cc4c3ccc3ccccc34)N2)cc1. The fourth-order valence-corrected chi connectivity index (χ4v) is 7.69. The Balaban J connectivity index is 1.23. The van der Waals surface area contributed by atoms with Crippen molar-refractivity contribution in [2.45, 2.75) is 6.17 Å². The minimum absolute atomic E-state index is 0.449. The van der Waals surface area contributed by atoms with Gasteiger partial charge in [-0.05, 0) is 82.7 Å². The zero-order chi connectivity index (χ0) is 33.0. The van der Waals surface area contributed by atoms with Gasteiger partial charge in [-0.15, -0.1) is 0 Å². The van der Waals surface area contributed by atoms with Crippen LogP contribution in [0.2, 0.25) is 0 Å². The van der Waals surface area contributed by atoms with Crippen LogP contribution in [0, 0.1) is 0 Å². The van der Waals surface area contributed by atoms with Gasteiger partial charge in [-0.2, -0.15) is 0 Å². The molecule has 0 saturated carbocycles. The molecule has 0 spiro atoms. The maximum Gasteiger partial charge on any atom is 0.169 e. The molecule has 3 heteroatoms. The average Bonchev–Trinajstić information content (AvgIpc) is 3.19. The van der Waals surface area contributed by atoms with E-state index < -0.39 is 6.17 Å². The van der Waals surface area contributed by atoms with Gasteiger partial charge in [0.1, 0.15) is 11.7 Å². The van der Waals surface area contributed by atoms with E-state index in [1.165, 1.54) is 43.1 Å². The topological polar surface area (TPSA) is 36.8 Å². The first-order valence-corrected chi connectivity index (χ1v) is 17.1. The lowest BCUT2D eigenvalue weighted by molar-refractivity contribution is 0.757. The second-order valence-electron chi connectivity index (χ2n) is 13.0. The summed E-state index contributed by atoms with van der Waals surface area (Å²) in [5.41, 5.74) is 5.45. The Morgan fingerprint density at radius 2 is 0.900 bits per heavy atom. The number of fused-ring (bicyclic) bond motifs is 7. The van der Waals surface area contributed by atoms with E-state index in [4.69, 9.17) is 9.98 Å². The Hall–Kier alpha value is -6.58. The van der Waals surface area contributed by atoms with E-state index in [-0.39, 0.29) is 0 Å². The van der Waals surface area contributed by atoms with Gasteiger partial charge >= 0.3 is 0 Å². The van der Waals surface area contributed by atoms with Crippen LogP contribution >= 0.6 is 0 Å². The van der Waals surface area contributed by atoms with Gasteiger partial charge in [0.15, 0.2) is 6.17 Å². The smallest absolute Gasteiger partial charge is 0.169 e. The van der Waals surface area contributed by atoms with Gasteiger partial charge < -0.3 is 5.32 Å². The van der Waals surface area contributed by atoms with Crippen LogP contribution in [0.25, 0.3) is 65.0 Å². The summed E-state index contributed by atoms with van der Waals surface area (Å²) >= 11 is 0. The minimum atomic E-state index is -0.449. The molecule has 0 radical (unpaired) electrons. The van der Waals surface area contributed by atoms with E-state index in [0.717, 1.165) is 50.3 Å². The van der Waals surface area contributed by atoms with E-state index in [1.807, 2.05) is 0 Å². The maximum atomic E-state index is 5.47. The number of hydrogen-bond donors (Lipinski definition) is 1. The number of benzene rings is 9. The predicted molar refractivity (Wildman–Crippen MR) is 211 cm³/mol. The first-order valence-electron chi connectivity index (χ1n) is 17.1. The molecule has 0 aromatic heterocycles. The molecule has 0 fully saturated rings. The molecular formula is C47H31N3. The lowest BCUT2D eigenvalue weighted by Crippen LogP contribution is -2.36. The highest BCUT2D eigenvalue weighted by molar-refractivity contribution is 6.28. The normalized spacial score (nSPS) is 14.6. The van der Waals surface area contributed by atoms with Gasteiger partial charge in [0.05, 0.1) is 0 Å². The predicted octanol–water partition coefficient (Wildman–Crippen LogP) is 11.6. The summed E-state index contributed by atoms with van der Waals surface area (Å²) in [6, 6.07) is 62.8. The van der Waals surface area contributed by atoms with Crippen LogP contribution < -0.4 is 5.32 Å². The van der Waals surface area contributed by atoms with Crippen LogP contribution in [-0.4, -0.2) is 11.7 Å². The molecule has 1 aliphatic rings. The molecule has 9 aromatic rings. The summed E-state index contributed by atoms with van der Waals surface area (Å²) < 4.78 is 0. The number of aliphatic imine (C=N–C) groups is 2. The summed E-state index contributed by atoms with van der Waals surface area (Å²) in [4.78, 5) is 10.8. The molecule has 234 valence electrons. The fourth-order valence-electron chi connectivity index (χ4n) is 7.69. The molecule has 1 atom stereocenters. The van der Waals surface area contributed by atoms with Crippen molar-refractivity contribution in [2.24, 2.45) is 9.98 Å². The highest BCUT2D eigenvalue weighted by Gasteiger charge is 2.25. The maximum absolute atomic E-state index is 5.47. The molecule has 1 aliphatic heterocycles. The average molecular weight is 638 g/mol. The molecule has 0 bridgehead atoms. The zero-order valence-corrected chi connectivity index (χ0v) is 27.2. The minimum Gasteiger partial charge on any atom is -0.324 e. The molecule has 9 aromatic carbocycles. The second-order valence-corrected chi connectivity index (χ2v) is 13.0. The number of nitrogens with one attached hydrogen (secondary N) is 1. The largest absolute Gasteiger partial charge is 0.324 e. The Kier molecular flexibility index (Phi) is 6.56. The first kappa shape index (κ1) is 28.4. The Labute approximate surface area is 289 Å². The van der Waals surface area contributed by atoms with Crippen LogP contribution in [0.3, 0.4) is 0 Å². The van der Waals surface area contributed by atoms with Gasteiger partial charge in [-0.1, -0.05) is 164 Å². The number of amidine groups is 2. The van der Waals surface area contributed by atoms with Gasteiger partial charge in [0.25, 0.3) is 0 Å². The molecule has 50 heavy (non-hydrogen) atoms. The Morgan fingerprint density at radius 1 is 0.360 bits per heavy atom. The van der Waals surface area contributed by atoms with Crippen molar-refractivity contribution in [1.82, 2.24) is 5.32 Å². The molecule has 3 nitrogen and oxygen atoms in total. The van der Waals surface area contributed by atoms with Gasteiger partial charge in [0.2, 0.25) is 0 Å². The van der Waals surface area contributed by atoms with Crippen LogP contribution in [0.1, 0.15) is 22.9 Å². The monoisotopic (exact) mass is 637 g/mol. The summed E-state index contributed by atoms with van der Waals surface area (Å²) in [5.74, 6) is 1.62. The number of nitrogens with zero attached hydrogens (tertiary/aromatic N) is 2. The number of rotatable bonds is 4. The summed E-state index contributed by atoms with van der Waals surface area (Å²) in [6.07, 6.45) is -0.449. The zero-order valence-electron chi connectivity index (χ0n) is 27.2. The van der Waals surface area contributed by atoms with Crippen molar-refractivity contribution >= 4 is 65.5 Å². The van der Waals surface area contributed by atoms with Crippen LogP contribution in [-0.2, 0) is 0 Å². The fraction of sp³-hybridized carbons (Fsp3) is 0.0213. The molecule has 0 amide bonds. The van der Waals surface area contributed by atoms with E-state index in [2.05, 4.69) is 181 Å². The lowest BCUT2D eigenvalue weighted by atomic mass is 9.92. The Bertz CT molecular complexity index is 2850. The van der Waals surface area contributed by atoms with Gasteiger partial charge in [-0.3, -0.25) is 0 Å². The molecule has 1 N–H and O–H groups in total. The van der Waals surface area contributed by atoms with Crippen LogP contribution in [0.5, 0.6) is 0 Å². The summed E-state index contributed by atoms with van der Waals surface area (Å²) in [7, 11) is 0. The summed E-state index contributed by atoms with van der Waals surface area (Å²) in [5, 5.41) is 15.9. The molecule has 0 aliphatic carbocycles. The highest BCUT2D eigenvalue weighted by atomic mass is 15.2. The quantitative estimate of drug-likeness (QED) is 0.151. The van der Waals surface area contributed by atoms with E-state index >= 15 is 0 Å². The molecule has 10 rings (SSSR count). The van der Waals surface area contributed by atoms with Gasteiger partial charge in [0, 0.05) is 11.1 Å². The third-order valence-corrected chi connectivity index (χ3v) is 10.1. The summed E-state index contributed by atoms with van der Waals surface area (Å²) in [6.45, 7) is 0. The van der Waals surface area contributed by atoms with Crippen molar-refractivity contribution < 1.29 is 0 Å². The van der Waals surface area contributed by atoms with E-state index in [1.54, 1.807) is 0 Å². The highest BCUT2D eigenvalue weighted by Crippen LogP contribution is 2.37. The van der Waals surface area contributed by atoms with E-state index in [9.17, 15) is 0 Å². The van der Waals surface area contributed by atoms with Crippen molar-refractivity contribution in [3.63, 3.8) is 0 Å². The van der Waals surface area contributed by atoms with Crippen LogP contribution in [0.4, 0.5) is 0 Å². The van der Waals surface area contributed by atoms with E-state index in [0.29, 0.717) is 0 Å². The Morgan fingerprint density at radius 3 is 1.70 bits per heavy atom. The van der Waals surface area contributed by atoms with Crippen LogP contribution in [0.15, 0.2) is 186 Å². The molecule has 0 saturated heterocycles. The standard InChI is InChI=1S/C47H31N3/c1-2-12-30(13-3-1)37-18-10-11-21-42(37)46-48-45(35-25-26-39-34(28-35)23-22-31-14-4-7-17-36(31)39)49-47(50-46)44-40-20-9-6-16-33(40)29-43-38-19-8-5-15-32(38)24-27-41(43)44/h1-29,45H,(H,48,49,50). The third-order valence-electron chi connectivity index (χ3n) is 10.1. The first-order chi connectivity index (χ1) is 24.8. The molecule has 1 unspecified atom stereocenters. The molecular weight excluding hydrogens is 607 g/mol. The molecule has 1 heterocycles. The van der Waals surface area contributed by atoms with Crippen molar-refractivity contribution in [3.8, 4) is 11.1 Å². The number of hydrogen-bond acceptors (Lipinski definition) is 3. The van der Waals surface area contributed by atoms with Gasteiger partial charge in [-0.25, -0.2) is 9.98 Å². The van der Waals surface area contributed by atoms with Crippen molar-refractivity contribution in [3.05, 3.63) is 193 Å². The van der Waals surface area contributed by atoms with Crippen molar-refractivity contribution in [2.75, 3.05) is 0 Å².